The Kier molecular flexibility index (Phi) is 6.68. The Morgan fingerprint density at radius 2 is 1.59 bits per heavy atom. The molecule has 0 aromatic rings. The lowest BCUT2D eigenvalue weighted by Gasteiger charge is -2.30. The van der Waals surface area contributed by atoms with E-state index in [0.29, 0.717) is 6.54 Å². The second-order valence-electron chi connectivity index (χ2n) is 5.98. The summed E-state index contributed by atoms with van der Waals surface area (Å²) < 4.78 is 26.6. The van der Waals surface area contributed by atoms with Crippen LogP contribution in [-0.4, -0.2) is 26.0 Å². The van der Waals surface area contributed by atoms with Crippen LogP contribution >= 0.6 is 15.9 Å². The van der Waals surface area contributed by atoms with E-state index in [1.165, 1.54) is 0 Å². The third-order valence-electron chi connectivity index (χ3n) is 3.07. The largest absolute Gasteiger partial charge is 0.215 e. The lowest BCUT2D eigenvalue weighted by molar-refractivity contribution is 0.309. The highest BCUT2D eigenvalue weighted by molar-refractivity contribution is 9.09. The summed E-state index contributed by atoms with van der Waals surface area (Å²) in [5.41, 5.74) is -0.174. The zero-order valence-electron chi connectivity index (χ0n) is 11.6. The Balaban J connectivity index is 4.55. The molecule has 0 rings (SSSR count). The monoisotopic (exact) mass is 327 g/mol. The van der Waals surface area contributed by atoms with Gasteiger partial charge in [0.25, 0.3) is 0 Å². The summed E-state index contributed by atoms with van der Waals surface area (Å²) in [5.74, 6) is 0.172. The van der Waals surface area contributed by atoms with E-state index in [0.717, 1.165) is 18.2 Å². The Morgan fingerprint density at radius 3 is 1.88 bits per heavy atom. The van der Waals surface area contributed by atoms with Crippen molar-refractivity contribution in [3.8, 4) is 0 Å². The molecular weight excluding hydrogens is 302 g/mol. The maximum Gasteiger partial charge on any atom is 0.212 e. The fraction of sp³-hybridized carbons (Fsp3) is 1.00. The van der Waals surface area contributed by atoms with Gasteiger partial charge in [0.2, 0.25) is 10.0 Å². The molecule has 3 nitrogen and oxygen atoms in total. The van der Waals surface area contributed by atoms with Crippen LogP contribution in [-0.2, 0) is 10.0 Å². The number of nitrogens with one attached hydrogen (secondary N) is 1. The highest BCUT2D eigenvalue weighted by Gasteiger charge is 2.28. The molecule has 0 unspecified atom stereocenters. The molecule has 0 aromatic carbocycles. The van der Waals surface area contributed by atoms with Gasteiger partial charge in [-0.2, -0.15) is 0 Å². The number of hydrogen-bond acceptors (Lipinski definition) is 2. The Bertz CT molecular complexity index is 308. The zero-order chi connectivity index (χ0) is 13.7. The van der Waals surface area contributed by atoms with Crippen LogP contribution in [0.3, 0.4) is 0 Å². The summed E-state index contributed by atoms with van der Waals surface area (Å²) in [4.78, 5) is 0. The molecule has 0 aliphatic heterocycles. The zero-order valence-corrected chi connectivity index (χ0v) is 14.0. The Hall–Kier alpha value is 0.390. The molecular formula is C12H26BrNO2S. The highest BCUT2D eigenvalue weighted by Crippen LogP contribution is 2.28. The van der Waals surface area contributed by atoms with Crippen LogP contribution < -0.4 is 4.72 Å². The Morgan fingerprint density at radius 1 is 1.12 bits per heavy atom. The van der Waals surface area contributed by atoms with Gasteiger partial charge in [-0.05, 0) is 23.7 Å². The average molecular weight is 328 g/mol. The van der Waals surface area contributed by atoms with Crippen LogP contribution in [0.15, 0.2) is 0 Å². The van der Waals surface area contributed by atoms with Crippen LogP contribution in [0, 0.1) is 10.8 Å². The molecule has 0 amide bonds. The first-order chi connectivity index (χ1) is 7.60. The third-order valence-corrected chi connectivity index (χ3v) is 6.09. The van der Waals surface area contributed by atoms with Crippen molar-refractivity contribution in [2.45, 2.75) is 47.5 Å². The molecule has 0 bridgehead atoms. The van der Waals surface area contributed by atoms with E-state index in [2.05, 4.69) is 34.5 Å². The topological polar surface area (TPSA) is 46.2 Å². The van der Waals surface area contributed by atoms with Gasteiger partial charge >= 0.3 is 0 Å². The van der Waals surface area contributed by atoms with E-state index in [4.69, 9.17) is 0 Å². The maximum absolute atomic E-state index is 11.9. The van der Waals surface area contributed by atoms with E-state index >= 15 is 0 Å². The molecule has 0 radical (unpaired) electrons. The molecule has 0 atom stereocenters. The number of rotatable bonds is 7. The lowest BCUT2D eigenvalue weighted by atomic mass is 9.85. The summed E-state index contributed by atoms with van der Waals surface area (Å²) in [5, 5.41) is 0.824. The van der Waals surface area contributed by atoms with E-state index in [1.54, 1.807) is 0 Å². The highest BCUT2D eigenvalue weighted by atomic mass is 79.9. The van der Waals surface area contributed by atoms with Crippen molar-refractivity contribution >= 4 is 26.0 Å². The predicted octanol–water partition coefficient (Wildman–Crippen LogP) is 3.15. The fourth-order valence-corrected chi connectivity index (χ4v) is 4.38. The minimum atomic E-state index is -3.17. The smallest absolute Gasteiger partial charge is 0.212 e. The molecule has 0 heterocycles. The van der Waals surface area contributed by atoms with Crippen molar-refractivity contribution in [2.75, 3.05) is 17.6 Å². The minimum Gasteiger partial charge on any atom is -0.215 e. The van der Waals surface area contributed by atoms with Gasteiger partial charge in [0.05, 0.1) is 5.75 Å². The van der Waals surface area contributed by atoms with E-state index in [1.807, 2.05) is 20.8 Å². The molecule has 0 aromatic heterocycles. The number of sulfonamides is 1. The molecule has 0 saturated heterocycles. The van der Waals surface area contributed by atoms with E-state index in [9.17, 15) is 8.42 Å². The van der Waals surface area contributed by atoms with Crippen LogP contribution in [0.4, 0.5) is 0 Å². The second-order valence-corrected chi connectivity index (χ2v) is 8.35. The van der Waals surface area contributed by atoms with Crippen molar-refractivity contribution in [2.24, 2.45) is 10.8 Å². The quantitative estimate of drug-likeness (QED) is 0.730. The molecule has 17 heavy (non-hydrogen) atoms. The van der Waals surface area contributed by atoms with E-state index < -0.39 is 10.0 Å². The molecule has 104 valence electrons. The lowest BCUT2D eigenvalue weighted by Crippen LogP contribution is -2.41. The van der Waals surface area contributed by atoms with Gasteiger partial charge in [-0.15, -0.1) is 0 Å². The van der Waals surface area contributed by atoms with Crippen molar-refractivity contribution in [3.63, 3.8) is 0 Å². The molecule has 0 aliphatic rings. The van der Waals surface area contributed by atoms with Crippen molar-refractivity contribution in [3.05, 3.63) is 0 Å². The SMILES string of the molecule is CCC(CC)(CBr)CNS(=O)(=O)CC(C)(C)C. The van der Waals surface area contributed by atoms with Crippen molar-refractivity contribution in [1.29, 1.82) is 0 Å². The van der Waals surface area contributed by atoms with Crippen molar-refractivity contribution in [1.82, 2.24) is 4.72 Å². The van der Waals surface area contributed by atoms with Crippen LogP contribution in [0.1, 0.15) is 47.5 Å². The first-order valence-corrected chi connectivity index (χ1v) is 8.90. The first-order valence-electron chi connectivity index (χ1n) is 6.13. The molecule has 1 N–H and O–H groups in total. The molecule has 0 aliphatic carbocycles. The predicted molar refractivity (Wildman–Crippen MR) is 78.1 cm³/mol. The van der Waals surface area contributed by atoms with Gasteiger partial charge in [0.1, 0.15) is 0 Å². The Labute approximate surface area is 115 Å². The van der Waals surface area contributed by atoms with Gasteiger partial charge in [-0.3, -0.25) is 0 Å². The molecule has 0 saturated carbocycles. The van der Waals surface area contributed by atoms with Gasteiger partial charge < -0.3 is 0 Å². The molecule has 0 spiro atoms. The number of halogens is 1. The molecule has 5 heteroatoms. The van der Waals surface area contributed by atoms with Gasteiger partial charge in [-0.25, -0.2) is 13.1 Å². The van der Waals surface area contributed by atoms with Crippen LogP contribution in [0.2, 0.25) is 0 Å². The van der Waals surface area contributed by atoms with Gasteiger partial charge in [-0.1, -0.05) is 50.5 Å². The number of hydrogen-bond donors (Lipinski definition) is 1. The van der Waals surface area contributed by atoms with Gasteiger partial charge in [0, 0.05) is 11.9 Å². The third kappa shape index (κ3) is 6.77. The summed E-state index contributed by atoms with van der Waals surface area (Å²) in [7, 11) is -3.17. The summed E-state index contributed by atoms with van der Waals surface area (Å²) >= 11 is 3.49. The summed E-state index contributed by atoms with van der Waals surface area (Å²) in [6, 6.07) is 0. The summed E-state index contributed by atoms with van der Waals surface area (Å²) in [6.45, 7) is 10.5. The average Bonchev–Trinajstić information content (AvgIpc) is 2.17. The fourth-order valence-electron chi connectivity index (χ4n) is 1.62. The molecule has 0 fully saturated rings. The number of alkyl halides is 1. The normalized spacial score (nSPS) is 14.0. The van der Waals surface area contributed by atoms with Gasteiger partial charge in [0.15, 0.2) is 0 Å². The maximum atomic E-state index is 11.9. The minimum absolute atomic E-state index is 0.0327. The first kappa shape index (κ1) is 17.4. The summed E-state index contributed by atoms with van der Waals surface area (Å²) in [6.07, 6.45) is 1.93. The van der Waals surface area contributed by atoms with E-state index in [-0.39, 0.29) is 16.6 Å². The van der Waals surface area contributed by atoms with Crippen molar-refractivity contribution < 1.29 is 8.42 Å². The van der Waals surface area contributed by atoms with Crippen LogP contribution in [0.5, 0.6) is 0 Å². The standard InChI is InChI=1S/C12H26BrNO2S/c1-6-12(7-2,8-13)9-14-17(15,16)10-11(3,4)5/h14H,6-10H2,1-5H3. The second kappa shape index (κ2) is 6.53. The van der Waals surface area contributed by atoms with Crippen LogP contribution in [0.25, 0.3) is 0 Å².